The van der Waals surface area contributed by atoms with Crippen LogP contribution < -0.4 is 0 Å². The first-order valence-corrected chi connectivity index (χ1v) is 14.8. The van der Waals surface area contributed by atoms with Gasteiger partial charge in [-0.3, -0.25) is 14.6 Å². The third kappa shape index (κ3) is 5.30. The van der Waals surface area contributed by atoms with Crippen molar-refractivity contribution in [3.8, 4) is 0 Å². The molecule has 10 nitrogen and oxygen atoms in total. The molecule has 43 heavy (non-hydrogen) atoms. The molecule has 5 rings (SSSR count). The Bertz CT molecular complexity index is 1360. The number of pyridine rings is 1. The fourth-order valence-corrected chi connectivity index (χ4v) is 7.53. The zero-order valence-electron chi connectivity index (χ0n) is 25.2. The first kappa shape index (κ1) is 30.7. The molecule has 3 aliphatic rings. The Morgan fingerprint density at radius 3 is 2.33 bits per heavy atom. The smallest absolute Gasteiger partial charge is 0.339 e. The molecule has 2 aromatic rings. The van der Waals surface area contributed by atoms with Gasteiger partial charge in [-0.2, -0.15) is 0 Å². The van der Waals surface area contributed by atoms with Gasteiger partial charge >= 0.3 is 23.9 Å². The maximum Gasteiger partial charge on any atom is 0.339 e. The van der Waals surface area contributed by atoms with Crippen LogP contribution in [-0.2, 0) is 33.3 Å². The number of benzene rings is 1. The van der Waals surface area contributed by atoms with Gasteiger partial charge < -0.3 is 23.7 Å². The fourth-order valence-electron chi connectivity index (χ4n) is 7.53. The molecule has 230 valence electrons. The molecule has 2 aliphatic carbocycles. The van der Waals surface area contributed by atoms with Crippen molar-refractivity contribution in [2.45, 2.75) is 89.8 Å². The van der Waals surface area contributed by atoms with Crippen LogP contribution in [-0.4, -0.2) is 65.0 Å². The van der Waals surface area contributed by atoms with Gasteiger partial charge in [-0.25, -0.2) is 9.59 Å². The summed E-state index contributed by atoms with van der Waals surface area (Å²) in [6.07, 6.45) is 1.49. The number of aromatic nitrogens is 1. The van der Waals surface area contributed by atoms with Gasteiger partial charge in [0.25, 0.3) is 0 Å². The maximum absolute atomic E-state index is 13.8. The van der Waals surface area contributed by atoms with Gasteiger partial charge in [0.05, 0.1) is 22.3 Å². The van der Waals surface area contributed by atoms with Gasteiger partial charge in [-0.1, -0.05) is 32.0 Å². The molecule has 2 heterocycles. The predicted octanol–water partition coefficient (Wildman–Crippen LogP) is 4.70. The van der Waals surface area contributed by atoms with Crippen molar-refractivity contribution >= 4 is 23.9 Å². The molecule has 1 aromatic heterocycles. The van der Waals surface area contributed by atoms with Crippen LogP contribution in [0.2, 0.25) is 0 Å². The predicted molar refractivity (Wildman–Crippen MR) is 153 cm³/mol. The molecular formula is C33H39NO9. The number of nitrogens with zero attached hydrogens (tertiary/aromatic N) is 1. The maximum atomic E-state index is 13.8. The first-order valence-electron chi connectivity index (χ1n) is 14.8. The molecule has 1 spiro atoms. The highest BCUT2D eigenvalue weighted by Crippen LogP contribution is 2.67. The molecule has 0 radical (unpaired) electrons. The summed E-state index contributed by atoms with van der Waals surface area (Å²) in [7, 11) is 0. The topological polar surface area (TPSA) is 127 Å². The second-order valence-corrected chi connectivity index (χ2v) is 12.3. The molecule has 1 aromatic carbocycles. The minimum Gasteiger partial charge on any atom is -0.462 e. The van der Waals surface area contributed by atoms with E-state index >= 15 is 0 Å². The summed E-state index contributed by atoms with van der Waals surface area (Å²) < 4.78 is 31.5. The molecule has 2 bridgehead atoms. The Balaban J connectivity index is 1.70. The minimum absolute atomic E-state index is 0.0990. The zero-order valence-corrected chi connectivity index (χ0v) is 25.2. The van der Waals surface area contributed by atoms with Crippen molar-refractivity contribution in [3.63, 3.8) is 0 Å². The fraction of sp³-hybridized carbons (Fsp3) is 0.545. The van der Waals surface area contributed by atoms with Crippen LogP contribution >= 0.6 is 0 Å². The number of ether oxygens (including phenoxy) is 5. The number of esters is 4. The van der Waals surface area contributed by atoms with E-state index in [1.165, 1.54) is 13.1 Å². The van der Waals surface area contributed by atoms with E-state index in [0.29, 0.717) is 24.8 Å². The van der Waals surface area contributed by atoms with Gasteiger partial charge in [-0.15, -0.1) is 0 Å². The van der Waals surface area contributed by atoms with Gasteiger partial charge in [0, 0.05) is 31.7 Å². The Kier molecular flexibility index (Phi) is 8.35. The number of fused-ring (bicyclic) bond motifs is 1. The first-order chi connectivity index (χ1) is 20.4. The van der Waals surface area contributed by atoms with E-state index in [1.807, 2.05) is 13.8 Å². The lowest BCUT2D eigenvalue weighted by molar-refractivity contribution is -0.287. The van der Waals surface area contributed by atoms with E-state index in [9.17, 15) is 19.2 Å². The molecule has 0 amide bonds. The largest absolute Gasteiger partial charge is 0.462 e. The van der Waals surface area contributed by atoms with Crippen LogP contribution in [0.15, 0.2) is 54.9 Å². The second kappa shape index (κ2) is 11.7. The summed E-state index contributed by atoms with van der Waals surface area (Å²) >= 11 is 0. The Hall–Kier alpha value is -3.79. The average molecular weight is 594 g/mol. The Morgan fingerprint density at radius 2 is 1.67 bits per heavy atom. The number of rotatable bonds is 8. The van der Waals surface area contributed by atoms with E-state index < -0.39 is 58.8 Å². The van der Waals surface area contributed by atoms with Crippen LogP contribution in [0.25, 0.3) is 0 Å². The highest BCUT2D eigenvalue weighted by molar-refractivity contribution is 5.90. The molecule has 0 N–H and O–H groups in total. The monoisotopic (exact) mass is 593 g/mol. The number of hydrogen-bond acceptors (Lipinski definition) is 10. The normalized spacial score (nSPS) is 32.2. The lowest BCUT2D eigenvalue weighted by Crippen LogP contribution is -2.74. The van der Waals surface area contributed by atoms with Crippen LogP contribution in [0.5, 0.6) is 0 Å². The van der Waals surface area contributed by atoms with Crippen molar-refractivity contribution in [2.24, 2.45) is 17.3 Å². The summed E-state index contributed by atoms with van der Waals surface area (Å²) in [6.45, 7) is 8.58. The SMILES string of the molecule is CCC(=O)O[C@@H]1[C@@H](OC(=O)c2ccccc2)[C@]2(COC(=O)c3cccnc3)[C@@H](OC(C)=O)CC[C@@H](C)[C@@]23C[C@@H]1C(C)(C)O3. The summed E-state index contributed by atoms with van der Waals surface area (Å²) in [4.78, 5) is 56.6. The van der Waals surface area contributed by atoms with E-state index in [1.54, 1.807) is 55.6 Å². The highest BCUT2D eigenvalue weighted by atomic mass is 16.6. The quantitative estimate of drug-likeness (QED) is 0.314. The van der Waals surface area contributed by atoms with E-state index in [4.69, 9.17) is 23.7 Å². The van der Waals surface area contributed by atoms with Gasteiger partial charge in [0.2, 0.25) is 0 Å². The Labute approximate surface area is 251 Å². The van der Waals surface area contributed by atoms with E-state index in [2.05, 4.69) is 11.9 Å². The van der Waals surface area contributed by atoms with Crippen molar-refractivity contribution in [1.29, 1.82) is 0 Å². The lowest BCUT2D eigenvalue weighted by Gasteiger charge is -2.61. The summed E-state index contributed by atoms with van der Waals surface area (Å²) in [5.74, 6) is -2.78. The third-order valence-electron chi connectivity index (χ3n) is 9.53. The standard InChI is InChI=1S/C33H39NO9/c1-6-26(36)41-27-24-17-33(43-31(24,4)5)20(2)14-15-25(40-21(3)35)32(33,19-39-29(37)23-13-10-16-34-18-23)28(27)42-30(38)22-11-8-7-9-12-22/h7-13,16,18,20,24-25,27-28H,6,14-15,17,19H2,1-5H3/t20-,24+,25+,27+,28-,32+,33+/m1/s1. The minimum atomic E-state index is -1.42. The molecular weight excluding hydrogens is 554 g/mol. The molecule has 10 heteroatoms. The Morgan fingerprint density at radius 1 is 0.953 bits per heavy atom. The molecule has 0 unspecified atom stereocenters. The van der Waals surface area contributed by atoms with Crippen molar-refractivity contribution in [1.82, 2.24) is 4.98 Å². The molecule has 1 aliphatic heterocycles. The van der Waals surface area contributed by atoms with Crippen molar-refractivity contribution in [2.75, 3.05) is 6.61 Å². The van der Waals surface area contributed by atoms with E-state index in [-0.39, 0.29) is 30.4 Å². The molecule has 1 saturated heterocycles. The number of carbonyl (C=O) groups is 4. The zero-order chi connectivity index (χ0) is 31.0. The van der Waals surface area contributed by atoms with Gasteiger partial charge in [0.15, 0.2) is 6.10 Å². The second-order valence-electron chi connectivity index (χ2n) is 12.3. The van der Waals surface area contributed by atoms with Crippen molar-refractivity contribution in [3.05, 3.63) is 66.0 Å². The van der Waals surface area contributed by atoms with Gasteiger partial charge in [0.1, 0.15) is 24.2 Å². The molecule has 2 saturated carbocycles. The summed E-state index contributed by atoms with van der Waals surface area (Å²) in [5, 5.41) is 0. The highest BCUT2D eigenvalue weighted by Gasteiger charge is 2.79. The molecule has 3 fully saturated rings. The average Bonchev–Trinajstić information content (AvgIpc) is 3.26. The van der Waals surface area contributed by atoms with Crippen LogP contribution in [0.3, 0.4) is 0 Å². The van der Waals surface area contributed by atoms with E-state index in [0.717, 1.165) is 0 Å². The number of carbonyl (C=O) groups excluding carboxylic acids is 4. The van der Waals surface area contributed by atoms with Crippen LogP contribution in [0.4, 0.5) is 0 Å². The number of hydrogen-bond donors (Lipinski definition) is 0. The van der Waals surface area contributed by atoms with Gasteiger partial charge in [-0.05, 0) is 63.3 Å². The third-order valence-corrected chi connectivity index (χ3v) is 9.53. The van der Waals surface area contributed by atoms with Crippen LogP contribution in [0.1, 0.15) is 81.0 Å². The van der Waals surface area contributed by atoms with Crippen molar-refractivity contribution < 1.29 is 42.9 Å². The summed E-state index contributed by atoms with van der Waals surface area (Å²) in [6, 6.07) is 11.7. The lowest BCUT2D eigenvalue weighted by atomic mass is 9.49. The molecule has 7 atom stereocenters. The summed E-state index contributed by atoms with van der Waals surface area (Å²) in [5.41, 5.74) is -2.76. The van der Waals surface area contributed by atoms with Crippen LogP contribution in [0, 0.1) is 17.3 Å².